The van der Waals surface area contributed by atoms with Gasteiger partial charge in [-0.2, -0.15) is 4.98 Å². The molecule has 0 aliphatic heterocycles. The predicted octanol–water partition coefficient (Wildman–Crippen LogP) is 2.63. The Morgan fingerprint density at radius 3 is 2.88 bits per heavy atom. The molecule has 1 aliphatic carbocycles. The van der Waals surface area contributed by atoms with Crippen LogP contribution in [0.15, 0.2) is 18.2 Å². The molecule has 0 radical (unpaired) electrons. The monoisotopic (exact) mass is 231 g/mol. The molecule has 82 valence electrons. The van der Waals surface area contributed by atoms with Crippen molar-refractivity contribution in [3.05, 3.63) is 34.1 Å². The summed E-state index contributed by atoms with van der Waals surface area (Å²) in [5.74, 6) is 0.863. The summed E-state index contributed by atoms with van der Waals surface area (Å²) in [4.78, 5) is 4.33. The first-order valence-corrected chi connectivity index (χ1v) is 5.90. The molecule has 0 amide bonds. The summed E-state index contributed by atoms with van der Waals surface area (Å²) in [6.07, 6.45) is 3.68. The zero-order valence-electron chi connectivity index (χ0n) is 9.16. The Labute approximate surface area is 99.1 Å². The highest BCUT2D eigenvalue weighted by atomic mass is 32.1. The minimum atomic E-state index is 0.593. The quantitative estimate of drug-likeness (QED) is 0.765. The highest BCUT2D eigenvalue weighted by Crippen LogP contribution is 2.26. The van der Waals surface area contributed by atoms with E-state index in [4.69, 9.17) is 12.2 Å². The number of H-pyrrole nitrogens is 1. The third-order valence-electron chi connectivity index (χ3n) is 3.14. The summed E-state index contributed by atoms with van der Waals surface area (Å²) >= 11 is 5.09. The third kappa shape index (κ3) is 1.50. The van der Waals surface area contributed by atoms with Crippen LogP contribution in [0.5, 0.6) is 0 Å². The molecule has 0 bridgehead atoms. The summed E-state index contributed by atoms with van der Waals surface area (Å²) in [5, 5.41) is 3.15. The normalized spacial score (nSPS) is 14.1. The van der Waals surface area contributed by atoms with Crippen LogP contribution < -0.4 is 0 Å². The number of nitrogens with zero attached hydrogens (tertiary/aromatic N) is 2. The number of aromatic amines is 1. The SMILES string of the molecule is Cn1[nH]c(-c2ccc3c(c2)CCC3)nc1=S. The number of benzene rings is 1. The Bertz CT molecular complexity index is 595. The van der Waals surface area contributed by atoms with Crippen molar-refractivity contribution in [3.8, 4) is 11.4 Å². The minimum absolute atomic E-state index is 0.593. The molecule has 3 rings (SSSR count). The van der Waals surface area contributed by atoms with Gasteiger partial charge >= 0.3 is 0 Å². The van der Waals surface area contributed by atoms with Gasteiger partial charge in [-0.3, -0.25) is 9.78 Å². The summed E-state index contributed by atoms with van der Waals surface area (Å²) in [7, 11) is 1.88. The minimum Gasteiger partial charge on any atom is -0.279 e. The largest absolute Gasteiger partial charge is 0.279 e. The van der Waals surface area contributed by atoms with Gasteiger partial charge in [-0.15, -0.1) is 0 Å². The third-order valence-corrected chi connectivity index (χ3v) is 3.51. The van der Waals surface area contributed by atoms with Crippen LogP contribution in [0, 0.1) is 4.77 Å². The zero-order valence-corrected chi connectivity index (χ0v) is 9.97. The Balaban J connectivity index is 2.10. The van der Waals surface area contributed by atoms with Gasteiger partial charge in [-0.1, -0.05) is 12.1 Å². The fourth-order valence-electron chi connectivity index (χ4n) is 2.25. The predicted molar refractivity (Wildman–Crippen MR) is 65.9 cm³/mol. The van der Waals surface area contributed by atoms with E-state index < -0.39 is 0 Å². The van der Waals surface area contributed by atoms with Crippen LogP contribution in [-0.4, -0.2) is 14.8 Å². The Morgan fingerprint density at radius 1 is 1.31 bits per heavy atom. The first kappa shape index (κ1) is 9.78. The van der Waals surface area contributed by atoms with Crippen molar-refractivity contribution in [3.63, 3.8) is 0 Å². The summed E-state index contributed by atoms with van der Waals surface area (Å²) in [6, 6.07) is 6.57. The van der Waals surface area contributed by atoms with E-state index in [1.54, 1.807) is 4.68 Å². The van der Waals surface area contributed by atoms with Crippen LogP contribution in [0.1, 0.15) is 17.5 Å². The highest BCUT2D eigenvalue weighted by Gasteiger charge is 2.12. The van der Waals surface area contributed by atoms with Crippen molar-refractivity contribution in [1.82, 2.24) is 14.8 Å². The average molecular weight is 231 g/mol. The zero-order chi connectivity index (χ0) is 11.1. The molecule has 0 fully saturated rings. The van der Waals surface area contributed by atoms with E-state index in [2.05, 4.69) is 28.3 Å². The lowest BCUT2D eigenvalue weighted by Crippen LogP contribution is -1.90. The van der Waals surface area contributed by atoms with Crippen molar-refractivity contribution in [2.75, 3.05) is 0 Å². The molecule has 1 aromatic carbocycles. The first-order valence-electron chi connectivity index (χ1n) is 5.49. The van der Waals surface area contributed by atoms with E-state index in [-0.39, 0.29) is 0 Å². The van der Waals surface area contributed by atoms with E-state index in [1.807, 2.05) is 7.05 Å². The van der Waals surface area contributed by atoms with Crippen LogP contribution in [-0.2, 0) is 19.9 Å². The molecule has 3 nitrogen and oxygen atoms in total. The maximum atomic E-state index is 5.09. The fraction of sp³-hybridized carbons (Fsp3) is 0.333. The Hall–Kier alpha value is -1.42. The Kier molecular flexibility index (Phi) is 2.17. The summed E-state index contributed by atoms with van der Waals surface area (Å²) in [5.41, 5.74) is 4.08. The second-order valence-corrected chi connectivity index (χ2v) is 4.62. The number of fused-ring (bicyclic) bond motifs is 1. The summed E-state index contributed by atoms with van der Waals surface area (Å²) in [6.45, 7) is 0. The van der Waals surface area contributed by atoms with Crippen LogP contribution >= 0.6 is 12.2 Å². The van der Waals surface area contributed by atoms with Crippen LogP contribution in [0.2, 0.25) is 0 Å². The first-order chi connectivity index (χ1) is 7.74. The molecular weight excluding hydrogens is 218 g/mol. The van der Waals surface area contributed by atoms with E-state index in [9.17, 15) is 0 Å². The standard InChI is InChI=1S/C12H13N3S/c1-15-12(16)13-11(14-15)10-6-5-8-3-2-4-9(8)7-10/h5-7H,2-4H2,1H3,(H,13,14,16). The van der Waals surface area contributed by atoms with E-state index in [0.717, 1.165) is 11.4 Å². The molecule has 1 N–H and O–H groups in total. The van der Waals surface area contributed by atoms with Crippen LogP contribution in [0.3, 0.4) is 0 Å². The number of aryl methyl sites for hydroxylation is 3. The molecule has 1 aromatic heterocycles. The van der Waals surface area contributed by atoms with Gasteiger partial charge in [0.25, 0.3) is 0 Å². The molecule has 0 saturated carbocycles. The fourth-order valence-corrected chi connectivity index (χ4v) is 2.39. The second-order valence-electron chi connectivity index (χ2n) is 4.25. The smallest absolute Gasteiger partial charge is 0.216 e. The molecule has 1 aliphatic rings. The van der Waals surface area contributed by atoms with Gasteiger partial charge in [-0.05, 0) is 48.7 Å². The van der Waals surface area contributed by atoms with Crippen molar-refractivity contribution in [1.29, 1.82) is 0 Å². The molecule has 0 saturated heterocycles. The van der Waals surface area contributed by atoms with Gasteiger partial charge in [0.05, 0.1) is 0 Å². The molecule has 2 aromatic rings. The van der Waals surface area contributed by atoms with Crippen molar-refractivity contribution < 1.29 is 0 Å². The molecule has 1 heterocycles. The topological polar surface area (TPSA) is 33.6 Å². The van der Waals surface area contributed by atoms with Crippen molar-refractivity contribution in [2.24, 2.45) is 7.05 Å². The molecule has 0 atom stereocenters. The van der Waals surface area contributed by atoms with E-state index in [1.165, 1.54) is 30.4 Å². The number of hydrogen-bond acceptors (Lipinski definition) is 2. The maximum Gasteiger partial charge on any atom is 0.216 e. The maximum absolute atomic E-state index is 5.09. The molecule has 0 unspecified atom stereocenters. The molecule has 0 spiro atoms. The van der Waals surface area contributed by atoms with Gasteiger partial charge in [0.15, 0.2) is 5.82 Å². The number of nitrogens with one attached hydrogen (secondary N) is 1. The number of aromatic nitrogens is 3. The van der Waals surface area contributed by atoms with Gasteiger partial charge in [0.1, 0.15) is 0 Å². The van der Waals surface area contributed by atoms with Crippen LogP contribution in [0.4, 0.5) is 0 Å². The van der Waals surface area contributed by atoms with E-state index in [0.29, 0.717) is 4.77 Å². The molecule has 16 heavy (non-hydrogen) atoms. The lowest BCUT2D eigenvalue weighted by molar-refractivity contribution is 0.756. The van der Waals surface area contributed by atoms with E-state index >= 15 is 0 Å². The lowest BCUT2D eigenvalue weighted by Gasteiger charge is -2.01. The van der Waals surface area contributed by atoms with Gasteiger partial charge in [-0.25, -0.2) is 0 Å². The highest BCUT2D eigenvalue weighted by molar-refractivity contribution is 7.71. The summed E-state index contributed by atoms with van der Waals surface area (Å²) < 4.78 is 2.35. The lowest BCUT2D eigenvalue weighted by atomic mass is 10.1. The number of rotatable bonds is 1. The second kappa shape index (κ2) is 3.56. The van der Waals surface area contributed by atoms with Crippen LogP contribution in [0.25, 0.3) is 11.4 Å². The molecule has 4 heteroatoms. The Morgan fingerprint density at radius 2 is 2.12 bits per heavy atom. The van der Waals surface area contributed by atoms with Crippen molar-refractivity contribution in [2.45, 2.75) is 19.3 Å². The van der Waals surface area contributed by atoms with Gasteiger partial charge < -0.3 is 0 Å². The van der Waals surface area contributed by atoms with Gasteiger partial charge in [0.2, 0.25) is 4.77 Å². The van der Waals surface area contributed by atoms with Crippen molar-refractivity contribution >= 4 is 12.2 Å². The average Bonchev–Trinajstić information content (AvgIpc) is 2.85. The number of hydrogen-bond donors (Lipinski definition) is 1. The molecular formula is C12H13N3S. The van der Waals surface area contributed by atoms with Gasteiger partial charge in [0, 0.05) is 12.6 Å².